The van der Waals surface area contributed by atoms with Crippen molar-refractivity contribution in [2.45, 2.75) is 12.8 Å². The molecular formula is C16H20FN5O2S. The van der Waals surface area contributed by atoms with E-state index in [-0.39, 0.29) is 16.7 Å². The Bertz CT molecular complexity index is 718. The molecule has 0 unspecified atom stereocenters. The first kappa shape index (κ1) is 18.9. The zero-order valence-corrected chi connectivity index (χ0v) is 14.9. The van der Waals surface area contributed by atoms with Crippen molar-refractivity contribution in [2.24, 2.45) is 0 Å². The van der Waals surface area contributed by atoms with E-state index in [9.17, 15) is 14.0 Å². The minimum atomic E-state index is -0.411. The SMILES string of the molecule is CN(C)CCNC(=O)CCc1nnc(C(=O)Nc2ccc(F)cc2)s1. The molecule has 2 N–H and O–H groups in total. The van der Waals surface area contributed by atoms with Crippen molar-refractivity contribution in [3.63, 3.8) is 0 Å². The number of likely N-dealkylation sites (N-methyl/N-ethyl adjacent to an activating group) is 1. The monoisotopic (exact) mass is 365 g/mol. The fourth-order valence-corrected chi connectivity index (χ4v) is 2.63. The number of amides is 2. The van der Waals surface area contributed by atoms with Crippen LogP contribution in [0, 0.1) is 5.82 Å². The van der Waals surface area contributed by atoms with E-state index in [0.29, 0.717) is 30.1 Å². The van der Waals surface area contributed by atoms with Crippen LogP contribution in [-0.2, 0) is 11.2 Å². The number of aryl methyl sites for hydroxylation is 1. The molecule has 0 aliphatic heterocycles. The summed E-state index contributed by atoms with van der Waals surface area (Å²) < 4.78 is 12.8. The van der Waals surface area contributed by atoms with Gasteiger partial charge in [0.1, 0.15) is 10.8 Å². The van der Waals surface area contributed by atoms with Gasteiger partial charge >= 0.3 is 0 Å². The zero-order chi connectivity index (χ0) is 18.2. The van der Waals surface area contributed by atoms with Gasteiger partial charge in [-0.3, -0.25) is 9.59 Å². The number of benzene rings is 1. The van der Waals surface area contributed by atoms with Gasteiger partial charge in [-0.05, 0) is 38.4 Å². The third-order valence-electron chi connectivity index (χ3n) is 3.21. The fraction of sp³-hybridized carbons (Fsp3) is 0.375. The normalized spacial score (nSPS) is 10.7. The van der Waals surface area contributed by atoms with Gasteiger partial charge in [0.05, 0.1) is 0 Å². The Balaban J connectivity index is 1.80. The van der Waals surface area contributed by atoms with Crippen LogP contribution in [0.3, 0.4) is 0 Å². The van der Waals surface area contributed by atoms with Gasteiger partial charge in [0.2, 0.25) is 10.9 Å². The summed E-state index contributed by atoms with van der Waals surface area (Å²) in [6.45, 7) is 1.37. The molecule has 0 saturated carbocycles. The van der Waals surface area contributed by atoms with E-state index in [1.807, 2.05) is 19.0 Å². The summed E-state index contributed by atoms with van der Waals surface area (Å²) in [5.41, 5.74) is 0.475. The van der Waals surface area contributed by atoms with Crippen LogP contribution >= 0.6 is 11.3 Å². The highest BCUT2D eigenvalue weighted by Crippen LogP contribution is 2.15. The van der Waals surface area contributed by atoms with Crippen molar-refractivity contribution in [2.75, 3.05) is 32.5 Å². The van der Waals surface area contributed by atoms with Crippen molar-refractivity contribution >= 4 is 28.8 Å². The molecule has 0 atom stereocenters. The van der Waals surface area contributed by atoms with Gasteiger partial charge in [-0.2, -0.15) is 0 Å². The molecule has 7 nitrogen and oxygen atoms in total. The summed E-state index contributed by atoms with van der Waals surface area (Å²) in [5.74, 6) is -0.847. The Morgan fingerprint density at radius 1 is 1.20 bits per heavy atom. The highest BCUT2D eigenvalue weighted by molar-refractivity contribution is 7.13. The van der Waals surface area contributed by atoms with E-state index < -0.39 is 5.91 Å². The molecule has 1 aromatic heterocycles. The van der Waals surface area contributed by atoms with Crippen LogP contribution in [0.15, 0.2) is 24.3 Å². The molecule has 0 bridgehead atoms. The average Bonchev–Trinajstić information content (AvgIpc) is 3.04. The quantitative estimate of drug-likeness (QED) is 0.741. The van der Waals surface area contributed by atoms with E-state index in [0.717, 1.165) is 17.9 Å². The first-order valence-electron chi connectivity index (χ1n) is 7.75. The Kier molecular flexibility index (Phi) is 6.96. The molecule has 134 valence electrons. The van der Waals surface area contributed by atoms with Crippen LogP contribution in [0.2, 0.25) is 0 Å². The topological polar surface area (TPSA) is 87.2 Å². The highest BCUT2D eigenvalue weighted by atomic mass is 32.1. The first-order valence-corrected chi connectivity index (χ1v) is 8.56. The molecule has 9 heteroatoms. The van der Waals surface area contributed by atoms with Gasteiger partial charge < -0.3 is 15.5 Å². The molecule has 2 aromatic rings. The van der Waals surface area contributed by atoms with Crippen molar-refractivity contribution < 1.29 is 14.0 Å². The Labute approximate surface area is 149 Å². The molecule has 0 radical (unpaired) electrons. The third kappa shape index (κ3) is 6.55. The minimum Gasteiger partial charge on any atom is -0.355 e. The molecule has 0 aliphatic carbocycles. The molecule has 0 fully saturated rings. The summed E-state index contributed by atoms with van der Waals surface area (Å²) in [5, 5.41) is 14.0. The lowest BCUT2D eigenvalue weighted by Gasteiger charge is -2.09. The summed E-state index contributed by atoms with van der Waals surface area (Å²) in [6, 6.07) is 5.45. The van der Waals surface area contributed by atoms with Crippen LogP contribution in [0.25, 0.3) is 0 Å². The molecule has 1 heterocycles. The number of nitrogens with one attached hydrogen (secondary N) is 2. The van der Waals surface area contributed by atoms with Crippen LogP contribution in [0.1, 0.15) is 21.2 Å². The lowest BCUT2D eigenvalue weighted by molar-refractivity contribution is -0.121. The van der Waals surface area contributed by atoms with Crippen LogP contribution < -0.4 is 10.6 Å². The molecule has 2 amide bonds. The maximum atomic E-state index is 12.8. The summed E-state index contributed by atoms with van der Waals surface area (Å²) in [6.07, 6.45) is 0.719. The molecular weight excluding hydrogens is 345 g/mol. The van der Waals surface area contributed by atoms with Crippen molar-refractivity contribution in [3.05, 3.63) is 40.1 Å². The average molecular weight is 365 g/mol. The van der Waals surface area contributed by atoms with E-state index in [4.69, 9.17) is 0 Å². The van der Waals surface area contributed by atoms with Crippen LogP contribution in [-0.4, -0.2) is 54.1 Å². The standard InChI is InChI=1S/C16H20FN5O2S/c1-22(2)10-9-18-13(23)7-8-14-20-21-16(25-14)15(24)19-12-5-3-11(17)4-6-12/h3-6H,7-10H2,1-2H3,(H,18,23)(H,19,24). The lowest BCUT2D eigenvalue weighted by Crippen LogP contribution is -2.31. The van der Waals surface area contributed by atoms with Gasteiger partial charge in [0.25, 0.3) is 5.91 Å². The maximum absolute atomic E-state index is 12.8. The van der Waals surface area contributed by atoms with Crippen molar-refractivity contribution in [1.29, 1.82) is 0 Å². The van der Waals surface area contributed by atoms with Crippen molar-refractivity contribution in [1.82, 2.24) is 20.4 Å². The Morgan fingerprint density at radius 3 is 2.60 bits per heavy atom. The van der Waals surface area contributed by atoms with E-state index >= 15 is 0 Å². The predicted octanol–water partition coefficient (Wildman–Crippen LogP) is 1.54. The van der Waals surface area contributed by atoms with Crippen molar-refractivity contribution in [3.8, 4) is 0 Å². The number of carbonyl (C=O) groups excluding carboxylic acids is 2. The van der Waals surface area contributed by atoms with Gasteiger partial charge in [0, 0.05) is 31.6 Å². The summed E-state index contributed by atoms with van der Waals surface area (Å²) in [4.78, 5) is 25.8. The first-order chi connectivity index (χ1) is 11.9. The number of hydrogen-bond acceptors (Lipinski definition) is 6. The number of nitrogens with zero attached hydrogens (tertiary/aromatic N) is 3. The number of hydrogen-bond donors (Lipinski definition) is 2. The Morgan fingerprint density at radius 2 is 1.92 bits per heavy atom. The molecule has 0 spiro atoms. The minimum absolute atomic E-state index is 0.0608. The smallest absolute Gasteiger partial charge is 0.286 e. The third-order valence-corrected chi connectivity index (χ3v) is 4.19. The van der Waals surface area contributed by atoms with Crippen LogP contribution in [0.4, 0.5) is 10.1 Å². The second-order valence-electron chi connectivity index (χ2n) is 5.62. The summed E-state index contributed by atoms with van der Waals surface area (Å²) >= 11 is 1.14. The molecule has 1 aromatic carbocycles. The number of carbonyl (C=O) groups is 2. The van der Waals surface area contributed by atoms with Gasteiger partial charge in [-0.25, -0.2) is 4.39 Å². The highest BCUT2D eigenvalue weighted by Gasteiger charge is 2.14. The molecule has 0 saturated heterocycles. The van der Waals surface area contributed by atoms with Gasteiger partial charge in [-0.15, -0.1) is 10.2 Å². The fourth-order valence-electron chi connectivity index (χ4n) is 1.89. The van der Waals surface area contributed by atoms with E-state index in [1.165, 1.54) is 24.3 Å². The zero-order valence-electron chi connectivity index (χ0n) is 14.1. The largest absolute Gasteiger partial charge is 0.355 e. The number of aromatic nitrogens is 2. The number of halogens is 1. The Hall–Kier alpha value is -2.39. The number of rotatable bonds is 8. The van der Waals surface area contributed by atoms with Gasteiger partial charge in [0.15, 0.2) is 0 Å². The second-order valence-corrected chi connectivity index (χ2v) is 6.68. The van der Waals surface area contributed by atoms with Crippen LogP contribution in [0.5, 0.6) is 0 Å². The molecule has 0 aliphatic rings. The molecule has 2 rings (SSSR count). The van der Waals surface area contributed by atoms with Gasteiger partial charge in [-0.1, -0.05) is 11.3 Å². The van der Waals surface area contributed by atoms with E-state index in [2.05, 4.69) is 20.8 Å². The summed E-state index contributed by atoms with van der Waals surface area (Å²) in [7, 11) is 3.87. The van der Waals surface area contributed by atoms with E-state index in [1.54, 1.807) is 0 Å². The number of anilines is 1. The maximum Gasteiger partial charge on any atom is 0.286 e. The molecule has 25 heavy (non-hydrogen) atoms. The second kappa shape index (κ2) is 9.19. The lowest BCUT2D eigenvalue weighted by atomic mass is 10.3. The predicted molar refractivity (Wildman–Crippen MR) is 94.1 cm³/mol.